The van der Waals surface area contributed by atoms with Crippen LogP contribution in [0.25, 0.3) is 0 Å². The molecule has 0 bridgehead atoms. The monoisotopic (exact) mass is 460 g/mol. The van der Waals surface area contributed by atoms with Crippen LogP contribution in [0.15, 0.2) is 72.8 Å². The van der Waals surface area contributed by atoms with Crippen molar-refractivity contribution in [1.82, 2.24) is 5.32 Å². The van der Waals surface area contributed by atoms with Gasteiger partial charge in [0.2, 0.25) is 0 Å². The predicted molar refractivity (Wildman–Crippen MR) is 124 cm³/mol. The van der Waals surface area contributed by atoms with Gasteiger partial charge in [0.05, 0.1) is 10.0 Å². The highest BCUT2D eigenvalue weighted by molar-refractivity contribution is 7.80. The Labute approximate surface area is 189 Å². The van der Waals surface area contributed by atoms with Crippen molar-refractivity contribution in [2.75, 3.05) is 18.5 Å². The van der Waals surface area contributed by atoms with E-state index in [0.29, 0.717) is 40.3 Å². The molecule has 0 heterocycles. The fraction of sp³-hybridized carbons (Fsp3) is 0.0909. The fourth-order valence-corrected chi connectivity index (χ4v) is 2.98. The fourth-order valence-electron chi connectivity index (χ4n) is 2.47. The lowest BCUT2D eigenvalue weighted by atomic mass is 10.2. The molecule has 8 heteroatoms. The SMILES string of the molecule is O=C(NC(=S)Nc1ccc(Cl)c(Cl)c1)c1cccc(OCCOc2ccccc2)c1. The highest BCUT2D eigenvalue weighted by atomic mass is 35.5. The van der Waals surface area contributed by atoms with Gasteiger partial charge in [-0.05, 0) is 60.7 Å². The summed E-state index contributed by atoms with van der Waals surface area (Å²) in [6.45, 7) is 0.732. The molecule has 0 saturated carbocycles. The summed E-state index contributed by atoms with van der Waals surface area (Å²) in [6, 6.07) is 21.3. The van der Waals surface area contributed by atoms with Crippen LogP contribution in [0.1, 0.15) is 10.4 Å². The highest BCUT2D eigenvalue weighted by Gasteiger charge is 2.10. The minimum Gasteiger partial charge on any atom is -0.490 e. The largest absolute Gasteiger partial charge is 0.490 e. The molecule has 0 aliphatic heterocycles. The lowest BCUT2D eigenvalue weighted by Gasteiger charge is -2.11. The van der Waals surface area contributed by atoms with Gasteiger partial charge in [-0.15, -0.1) is 0 Å². The molecule has 0 atom stereocenters. The third kappa shape index (κ3) is 6.62. The Bertz CT molecular complexity index is 1030. The van der Waals surface area contributed by atoms with Gasteiger partial charge in [0.1, 0.15) is 24.7 Å². The first-order valence-electron chi connectivity index (χ1n) is 8.99. The molecule has 0 fully saturated rings. The van der Waals surface area contributed by atoms with Crippen LogP contribution in [0.4, 0.5) is 5.69 Å². The molecule has 3 aromatic rings. The van der Waals surface area contributed by atoms with Gasteiger partial charge in [0.25, 0.3) is 5.91 Å². The van der Waals surface area contributed by atoms with Crippen molar-refractivity contribution in [3.8, 4) is 11.5 Å². The predicted octanol–water partition coefficient (Wildman–Crippen LogP) is 5.58. The van der Waals surface area contributed by atoms with E-state index in [-0.39, 0.29) is 11.0 Å². The minimum atomic E-state index is -0.362. The summed E-state index contributed by atoms with van der Waals surface area (Å²) in [6.07, 6.45) is 0. The topological polar surface area (TPSA) is 59.6 Å². The van der Waals surface area contributed by atoms with Gasteiger partial charge in [-0.25, -0.2) is 0 Å². The van der Waals surface area contributed by atoms with E-state index in [2.05, 4.69) is 10.6 Å². The van der Waals surface area contributed by atoms with Gasteiger partial charge in [-0.2, -0.15) is 0 Å². The number of para-hydroxylation sites is 1. The first-order chi connectivity index (χ1) is 14.5. The summed E-state index contributed by atoms with van der Waals surface area (Å²) < 4.78 is 11.2. The van der Waals surface area contributed by atoms with Gasteiger partial charge in [-0.1, -0.05) is 47.5 Å². The molecular formula is C22H18Cl2N2O3S. The summed E-state index contributed by atoms with van der Waals surface area (Å²) in [5.41, 5.74) is 1.03. The van der Waals surface area contributed by atoms with Gasteiger partial charge >= 0.3 is 0 Å². The summed E-state index contributed by atoms with van der Waals surface area (Å²) in [7, 11) is 0. The van der Waals surface area contributed by atoms with Crippen LogP contribution < -0.4 is 20.1 Å². The van der Waals surface area contributed by atoms with Crippen LogP contribution in [0.3, 0.4) is 0 Å². The normalized spacial score (nSPS) is 10.2. The molecule has 0 aliphatic carbocycles. The zero-order valence-electron chi connectivity index (χ0n) is 15.7. The van der Waals surface area contributed by atoms with E-state index in [4.69, 9.17) is 44.9 Å². The molecule has 1 amide bonds. The first-order valence-corrected chi connectivity index (χ1v) is 10.2. The molecule has 0 unspecified atom stereocenters. The second-order valence-corrected chi connectivity index (χ2v) is 7.30. The van der Waals surface area contributed by atoms with Crippen LogP contribution in [0.5, 0.6) is 11.5 Å². The Morgan fingerprint density at radius 2 is 1.53 bits per heavy atom. The lowest BCUT2D eigenvalue weighted by Crippen LogP contribution is -2.34. The number of rotatable bonds is 7. The number of thiocarbonyl (C=S) groups is 1. The van der Waals surface area contributed by atoms with Crippen molar-refractivity contribution in [3.05, 3.63) is 88.4 Å². The minimum absolute atomic E-state index is 0.140. The van der Waals surface area contributed by atoms with E-state index in [0.717, 1.165) is 5.75 Å². The smallest absolute Gasteiger partial charge is 0.257 e. The maximum Gasteiger partial charge on any atom is 0.257 e. The average molecular weight is 461 g/mol. The number of nitrogens with one attached hydrogen (secondary N) is 2. The highest BCUT2D eigenvalue weighted by Crippen LogP contribution is 2.25. The van der Waals surface area contributed by atoms with Gasteiger partial charge in [-0.3, -0.25) is 10.1 Å². The van der Waals surface area contributed by atoms with Crippen LogP contribution in [0, 0.1) is 0 Å². The average Bonchev–Trinajstić information content (AvgIpc) is 2.75. The second kappa shape index (κ2) is 10.8. The van der Waals surface area contributed by atoms with Crippen molar-refractivity contribution in [2.24, 2.45) is 0 Å². The molecule has 30 heavy (non-hydrogen) atoms. The number of amides is 1. The number of carbonyl (C=O) groups excluding carboxylic acids is 1. The second-order valence-electron chi connectivity index (χ2n) is 6.07. The third-order valence-electron chi connectivity index (χ3n) is 3.86. The molecule has 3 rings (SSSR count). The van der Waals surface area contributed by atoms with E-state index in [9.17, 15) is 4.79 Å². The maximum atomic E-state index is 12.5. The first kappa shape index (κ1) is 21.9. The molecule has 0 spiro atoms. The zero-order chi connectivity index (χ0) is 21.3. The Morgan fingerprint density at radius 1 is 0.833 bits per heavy atom. The number of anilines is 1. The van der Waals surface area contributed by atoms with Crippen LogP contribution in [-0.2, 0) is 0 Å². The van der Waals surface area contributed by atoms with Crippen molar-refractivity contribution < 1.29 is 14.3 Å². The van der Waals surface area contributed by atoms with E-state index in [1.165, 1.54) is 0 Å². The molecule has 0 aromatic heterocycles. The summed E-state index contributed by atoms with van der Waals surface area (Å²) in [5, 5.41) is 6.47. The Morgan fingerprint density at radius 3 is 2.27 bits per heavy atom. The summed E-state index contributed by atoms with van der Waals surface area (Å²) >= 11 is 17.1. The molecule has 0 aliphatic rings. The molecule has 5 nitrogen and oxygen atoms in total. The van der Waals surface area contributed by atoms with Crippen molar-refractivity contribution >= 4 is 52.1 Å². The van der Waals surface area contributed by atoms with Gasteiger partial charge in [0, 0.05) is 11.3 Å². The molecule has 0 radical (unpaired) electrons. The lowest BCUT2D eigenvalue weighted by molar-refractivity contribution is 0.0977. The number of halogens is 2. The number of benzene rings is 3. The van der Waals surface area contributed by atoms with E-state index >= 15 is 0 Å². The summed E-state index contributed by atoms with van der Waals surface area (Å²) in [4.78, 5) is 12.5. The standard InChI is InChI=1S/C22H18Cl2N2O3S/c23-19-10-9-16(14-20(19)24)25-22(30)26-21(27)15-5-4-8-18(13-15)29-12-11-28-17-6-2-1-3-7-17/h1-10,13-14H,11-12H2,(H2,25,26,27,30). The van der Waals surface area contributed by atoms with Crippen LogP contribution in [-0.4, -0.2) is 24.2 Å². The maximum absolute atomic E-state index is 12.5. The molecule has 3 aromatic carbocycles. The van der Waals surface area contributed by atoms with E-state index < -0.39 is 0 Å². The molecular weight excluding hydrogens is 443 g/mol. The quantitative estimate of drug-likeness (QED) is 0.356. The van der Waals surface area contributed by atoms with E-state index in [1.807, 2.05) is 30.3 Å². The zero-order valence-corrected chi connectivity index (χ0v) is 18.1. The summed E-state index contributed by atoms with van der Waals surface area (Å²) in [5.74, 6) is 0.971. The van der Waals surface area contributed by atoms with Gasteiger partial charge < -0.3 is 14.8 Å². The number of ether oxygens (including phenoxy) is 2. The van der Waals surface area contributed by atoms with Crippen molar-refractivity contribution in [1.29, 1.82) is 0 Å². The number of hydrogen-bond acceptors (Lipinski definition) is 4. The molecule has 154 valence electrons. The van der Waals surface area contributed by atoms with E-state index in [1.54, 1.807) is 42.5 Å². The van der Waals surface area contributed by atoms with Crippen LogP contribution >= 0.6 is 35.4 Å². The molecule has 2 N–H and O–H groups in total. The van der Waals surface area contributed by atoms with Crippen molar-refractivity contribution in [3.63, 3.8) is 0 Å². The van der Waals surface area contributed by atoms with Crippen molar-refractivity contribution in [2.45, 2.75) is 0 Å². The Balaban J connectivity index is 1.49. The Hall–Kier alpha value is -2.80. The van der Waals surface area contributed by atoms with Crippen LogP contribution in [0.2, 0.25) is 10.0 Å². The number of carbonyl (C=O) groups is 1. The Kier molecular flexibility index (Phi) is 7.90. The molecule has 0 saturated heterocycles. The third-order valence-corrected chi connectivity index (χ3v) is 4.81. The van der Waals surface area contributed by atoms with Gasteiger partial charge in [0.15, 0.2) is 5.11 Å². The number of hydrogen-bond donors (Lipinski definition) is 2.